The van der Waals surface area contributed by atoms with Gasteiger partial charge in [-0.05, 0) is 62.1 Å². The van der Waals surface area contributed by atoms with E-state index in [4.69, 9.17) is 16.9 Å². The molecule has 0 amide bonds. The van der Waals surface area contributed by atoms with E-state index < -0.39 is 17.8 Å². The van der Waals surface area contributed by atoms with Gasteiger partial charge >= 0.3 is 12.1 Å². The fourth-order valence-electron chi connectivity index (χ4n) is 3.82. The van der Waals surface area contributed by atoms with Crippen molar-refractivity contribution in [3.8, 4) is 11.9 Å². The second-order valence-electron chi connectivity index (χ2n) is 10.1. The van der Waals surface area contributed by atoms with Crippen LogP contribution in [0.1, 0.15) is 80.3 Å². The number of allylic oxidation sites excluding steroid dienone is 1. The van der Waals surface area contributed by atoms with Gasteiger partial charge in [0.1, 0.15) is 5.69 Å². The number of alkyl halides is 5. The van der Waals surface area contributed by atoms with Crippen LogP contribution in [0.5, 0.6) is 0 Å². The Labute approximate surface area is 291 Å². The number of pyridine rings is 1. The van der Waals surface area contributed by atoms with Crippen molar-refractivity contribution in [2.24, 2.45) is 0 Å². The predicted octanol–water partition coefficient (Wildman–Crippen LogP) is 9.24. The molecule has 0 saturated heterocycles. The van der Waals surface area contributed by atoms with Crippen LogP contribution in [0.4, 0.5) is 27.6 Å². The molecule has 4 rings (SSSR count). The average Bonchev–Trinajstić information content (AvgIpc) is 3.80. The summed E-state index contributed by atoms with van der Waals surface area (Å²) in [6, 6.07) is 11.7. The first kappa shape index (κ1) is 44.6. The van der Waals surface area contributed by atoms with Gasteiger partial charge in [-0.25, -0.2) is 9.67 Å². The molecule has 0 spiro atoms. The molecule has 14 heteroatoms. The predicted molar refractivity (Wildman–Crippen MR) is 188 cm³/mol. The van der Waals surface area contributed by atoms with E-state index in [1.165, 1.54) is 17.5 Å². The summed E-state index contributed by atoms with van der Waals surface area (Å²) in [5, 5.41) is 20.3. The Hall–Kier alpha value is -4.44. The normalized spacial score (nSPS) is 11.6. The molecule has 0 aliphatic heterocycles. The highest BCUT2D eigenvalue weighted by Gasteiger charge is 2.60. The highest BCUT2D eigenvalue weighted by Crippen LogP contribution is 2.40. The molecule has 270 valence electrons. The number of benzene rings is 1. The van der Waals surface area contributed by atoms with Crippen LogP contribution in [-0.4, -0.2) is 65.2 Å². The number of aryl methyl sites for hydroxylation is 2. The number of anilines is 1. The van der Waals surface area contributed by atoms with E-state index in [9.17, 15) is 26.7 Å². The molecule has 3 aromatic rings. The van der Waals surface area contributed by atoms with Gasteiger partial charge < -0.3 is 15.5 Å². The van der Waals surface area contributed by atoms with E-state index >= 15 is 0 Å². The molecular weight excluding hydrogens is 665 g/mol. The minimum atomic E-state index is -5.58. The Bertz CT molecular complexity index is 1560. The summed E-state index contributed by atoms with van der Waals surface area (Å²) < 4.78 is 60.9. The van der Waals surface area contributed by atoms with Gasteiger partial charge in [0.15, 0.2) is 12.1 Å². The lowest BCUT2D eigenvalue weighted by atomic mass is 10.0. The van der Waals surface area contributed by atoms with E-state index in [1.54, 1.807) is 24.4 Å². The third-order valence-electron chi connectivity index (χ3n) is 6.46. The number of nitrogens with zero attached hydrogens (tertiary/aromatic N) is 5. The lowest BCUT2D eigenvalue weighted by molar-refractivity contribution is -0.269. The summed E-state index contributed by atoms with van der Waals surface area (Å²) >= 11 is 6.00. The molecule has 0 unspecified atom stereocenters. The maximum Gasteiger partial charge on any atom is 0.459 e. The third-order valence-corrected chi connectivity index (χ3v) is 6.76. The smallest absolute Gasteiger partial charge is 0.387 e. The molecule has 2 N–H and O–H groups in total. The van der Waals surface area contributed by atoms with Crippen LogP contribution in [-0.2, 0) is 6.42 Å². The van der Waals surface area contributed by atoms with Crippen molar-refractivity contribution in [3.05, 3.63) is 88.5 Å². The van der Waals surface area contributed by atoms with Crippen LogP contribution in [0.2, 0.25) is 5.02 Å². The fraction of sp³-hybridized carbons (Fsp3) is 0.429. The van der Waals surface area contributed by atoms with Gasteiger partial charge in [-0.1, -0.05) is 59.4 Å². The van der Waals surface area contributed by atoms with Crippen LogP contribution in [0.15, 0.2) is 55.4 Å². The summed E-state index contributed by atoms with van der Waals surface area (Å²) in [5.74, 6) is -4.37. The standard InChI is InChI=1S/C14H17N3.C11H10ClN3O.C6H8F5N.2C2H6/c1-9-6-11(8-15)7-13(14(9)16-3)10(2)17-12-4-5-12;1-2-8-6-9(7-16)15(14-8)11-10(12)4-3-5-13-11;1-4(12(2)3)5(7,8)6(9,10)11;2*1-2/h6-7,12,16-17H,2,4-5H2,1,3H3;3-7H,2H2,1H3;1H2,2-3H3;2*1-2H3. The Kier molecular flexibility index (Phi) is 18.9. The maximum atomic E-state index is 12.3. The molecule has 0 bridgehead atoms. The third kappa shape index (κ3) is 12.8. The van der Waals surface area contributed by atoms with Crippen molar-refractivity contribution in [1.29, 1.82) is 5.26 Å². The minimum absolute atomic E-state index is 0.456. The molecule has 1 fully saturated rings. The molecule has 2 heterocycles. The van der Waals surface area contributed by atoms with E-state index in [0.29, 0.717) is 33.0 Å². The summed E-state index contributed by atoms with van der Waals surface area (Å²) in [6.45, 7) is 18.7. The van der Waals surface area contributed by atoms with Crippen LogP contribution in [0.25, 0.3) is 11.5 Å². The van der Waals surface area contributed by atoms with Crippen molar-refractivity contribution in [2.75, 3.05) is 26.5 Å². The highest BCUT2D eigenvalue weighted by atomic mass is 35.5. The number of nitrogens with one attached hydrogen (secondary N) is 2. The van der Waals surface area contributed by atoms with Gasteiger partial charge in [0, 0.05) is 50.3 Å². The monoisotopic (exact) mass is 711 g/mol. The molecule has 49 heavy (non-hydrogen) atoms. The Morgan fingerprint density at radius 2 is 1.73 bits per heavy atom. The van der Waals surface area contributed by atoms with Gasteiger partial charge in [-0.3, -0.25) is 4.79 Å². The fourth-order valence-corrected chi connectivity index (χ4v) is 4.03. The largest absolute Gasteiger partial charge is 0.459 e. The summed E-state index contributed by atoms with van der Waals surface area (Å²) in [5.41, 5.74) is 4.71. The molecular formula is C35H47ClF5N7O. The SMILES string of the molecule is C=C(N(C)C)C(F)(F)C(F)(F)F.C=C(NC1CC1)c1cc(C#N)cc(C)c1NC.CC.CC.CCc1cc(C=O)n(-c2ncccc2Cl)n1. The Balaban J connectivity index is 0.000000680. The van der Waals surface area contributed by atoms with Crippen LogP contribution < -0.4 is 10.6 Å². The second kappa shape index (κ2) is 20.8. The number of rotatable bonds is 9. The summed E-state index contributed by atoms with van der Waals surface area (Å²) in [4.78, 5) is 15.7. The molecule has 1 aliphatic carbocycles. The second-order valence-corrected chi connectivity index (χ2v) is 10.5. The van der Waals surface area contributed by atoms with Crippen LogP contribution in [0.3, 0.4) is 0 Å². The minimum Gasteiger partial charge on any atom is -0.387 e. The molecule has 1 aromatic carbocycles. The van der Waals surface area contributed by atoms with E-state index in [1.807, 2.05) is 60.7 Å². The number of aromatic nitrogens is 3. The van der Waals surface area contributed by atoms with Crippen molar-refractivity contribution in [1.82, 2.24) is 25.0 Å². The summed E-state index contributed by atoms with van der Waals surface area (Å²) in [7, 11) is 4.03. The van der Waals surface area contributed by atoms with Gasteiger partial charge in [0.25, 0.3) is 0 Å². The van der Waals surface area contributed by atoms with Crippen LogP contribution >= 0.6 is 11.6 Å². The van der Waals surface area contributed by atoms with E-state index in [0.717, 1.165) is 55.0 Å². The zero-order chi connectivity index (χ0) is 38.1. The number of halogens is 6. The lowest BCUT2D eigenvalue weighted by Gasteiger charge is -2.26. The van der Waals surface area contributed by atoms with Gasteiger partial charge in [-0.2, -0.15) is 32.3 Å². The maximum absolute atomic E-state index is 12.3. The lowest BCUT2D eigenvalue weighted by Crippen LogP contribution is -2.42. The molecule has 0 atom stereocenters. The average molecular weight is 712 g/mol. The number of carbonyl (C=O) groups is 1. The van der Waals surface area contributed by atoms with Crippen molar-refractivity contribution >= 4 is 29.3 Å². The topological polar surface area (TPSA) is 98.9 Å². The molecule has 1 aliphatic rings. The number of hydrogen-bond donors (Lipinski definition) is 2. The van der Waals surface area contributed by atoms with Gasteiger partial charge in [-0.15, -0.1) is 0 Å². The zero-order valence-electron chi connectivity index (χ0n) is 29.6. The quantitative estimate of drug-likeness (QED) is 0.169. The summed E-state index contributed by atoms with van der Waals surface area (Å²) in [6.07, 6.45) is -0.0252. The number of carbonyl (C=O) groups excluding carboxylic acids is 1. The molecule has 2 aromatic heterocycles. The van der Waals surface area contributed by atoms with Crippen molar-refractivity contribution in [3.63, 3.8) is 0 Å². The molecule has 1 saturated carbocycles. The first-order valence-corrected chi connectivity index (χ1v) is 16.0. The first-order valence-electron chi connectivity index (χ1n) is 15.7. The van der Waals surface area contributed by atoms with Crippen molar-refractivity contribution in [2.45, 2.75) is 78.9 Å². The number of aldehydes is 1. The van der Waals surface area contributed by atoms with Gasteiger partial charge in [0.05, 0.1) is 28.0 Å². The molecule has 8 nitrogen and oxygen atoms in total. The van der Waals surface area contributed by atoms with Gasteiger partial charge in [0.2, 0.25) is 0 Å². The number of hydrogen-bond acceptors (Lipinski definition) is 7. The first-order chi connectivity index (χ1) is 23.0. The Morgan fingerprint density at radius 3 is 2.14 bits per heavy atom. The van der Waals surface area contributed by atoms with E-state index in [2.05, 4.69) is 39.9 Å². The van der Waals surface area contributed by atoms with Crippen LogP contribution in [0, 0.1) is 18.3 Å². The van der Waals surface area contributed by atoms with Crippen molar-refractivity contribution < 1.29 is 26.7 Å². The Morgan fingerprint density at radius 1 is 1.14 bits per heavy atom. The highest BCUT2D eigenvalue weighted by molar-refractivity contribution is 6.32. The number of nitriles is 1. The zero-order valence-corrected chi connectivity index (χ0v) is 30.3. The molecule has 0 radical (unpaired) electrons. The van der Waals surface area contributed by atoms with E-state index in [-0.39, 0.29) is 0 Å².